The summed E-state index contributed by atoms with van der Waals surface area (Å²) < 4.78 is 12.8. The number of hydrogen-bond acceptors (Lipinski definition) is 1. The first-order valence-corrected chi connectivity index (χ1v) is 3.65. The van der Waals surface area contributed by atoms with Gasteiger partial charge in [0.25, 0.3) is 0 Å². The van der Waals surface area contributed by atoms with Gasteiger partial charge in [0.05, 0.1) is 0 Å². The predicted molar refractivity (Wildman–Crippen MR) is 40.6 cm³/mol. The van der Waals surface area contributed by atoms with Gasteiger partial charge in [-0.2, -0.15) is 4.39 Å². The highest BCUT2D eigenvalue weighted by Gasteiger charge is 2.21. The van der Waals surface area contributed by atoms with Crippen LogP contribution in [0, 0.1) is 11.8 Å². The maximum atomic E-state index is 12.8. The number of aliphatic imine (C=N–C) groups is 1. The monoisotopic (exact) mass is 141 g/mol. The van der Waals surface area contributed by atoms with E-state index in [0.717, 1.165) is 6.42 Å². The van der Waals surface area contributed by atoms with Gasteiger partial charge in [0.15, 0.2) is 5.97 Å². The lowest BCUT2D eigenvalue weighted by Gasteiger charge is -2.18. The lowest BCUT2D eigenvalue weighted by molar-refractivity contribution is 0.478. The second-order valence-electron chi connectivity index (χ2n) is 2.67. The van der Waals surface area contributed by atoms with Gasteiger partial charge in [0.1, 0.15) is 0 Å². The van der Waals surface area contributed by atoms with E-state index in [-0.39, 0.29) is 11.9 Å². The second kappa shape index (κ2) is 2.95. The molecular formula is C8H12FN. The lowest BCUT2D eigenvalue weighted by atomic mass is 9.91. The summed E-state index contributed by atoms with van der Waals surface area (Å²) in [5.41, 5.74) is 0. The Bertz CT molecular complexity index is 172. The van der Waals surface area contributed by atoms with Gasteiger partial charge in [0, 0.05) is 12.1 Å². The summed E-state index contributed by atoms with van der Waals surface area (Å²) in [4.78, 5) is 3.60. The van der Waals surface area contributed by atoms with Crippen molar-refractivity contribution in [3.8, 4) is 0 Å². The average Bonchev–Trinajstić information content (AvgIpc) is 1.88. The zero-order valence-electron chi connectivity index (χ0n) is 6.34. The van der Waals surface area contributed by atoms with Crippen LogP contribution in [0.4, 0.5) is 4.39 Å². The number of nitrogens with zero attached hydrogens (tertiary/aromatic N) is 1. The largest absolute Gasteiger partial charge is 0.232 e. The second-order valence-corrected chi connectivity index (χ2v) is 2.67. The number of rotatable bonds is 1. The molecule has 0 radical (unpaired) electrons. The Kier molecular flexibility index (Phi) is 2.20. The highest BCUT2D eigenvalue weighted by molar-refractivity contribution is 5.79. The van der Waals surface area contributed by atoms with Gasteiger partial charge in [0.2, 0.25) is 0 Å². The van der Waals surface area contributed by atoms with E-state index in [9.17, 15) is 4.39 Å². The van der Waals surface area contributed by atoms with Crippen LogP contribution < -0.4 is 0 Å². The molecule has 0 N–H and O–H groups in total. The molecule has 1 aliphatic rings. The number of allylic oxidation sites excluding steroid dienone is 1. The summed E-state index contributed by atoms with van der Waals surface area (Å²) in [5, 5.41) is 0. The Balaban J connectivity index is 2.71. The molecule has 1 unspecified atom stereocenters. The fraction of sp³-hybridized carbons (Fsp3) is 0.625. The minimum atomic E-state index is -0.211. The topological polar surface area (TPSA) is 12.4 Å². The van der Waals surface area contributed by atoms with Crippen molar-refractivity contribution in [2.45, 2.75) is 20.3 Å². The SMILES string of the molecule is CC[C@@H]1C(F)=NC=CC1C. The molecule has 1 aliphatic heterocycles. The summed E-state index contributed by atoms with van der Waals surface area (Å²) in [7, 11) is 0. The van der Waals surface area contributed by atoms with Crippen molar-refractivity contribution < 1.29 is 4.39 Å². The van der Waals surface area contributed by atoms with Crippen LogP contribution in [0.15, 0.2) is 17.3 Å². The quantitative estimate of drug-likeness (QED) is 0.532. The maximum absolute atomic E-state index is 12.8. The van der Waals surface area contributed by atoms with E-state index in [1.165, 1.54) is 0 Å². The van der Waals surface area contributed by atoms with Crippen LogP contribution in [-0.2, 0) is 0 Å². The third-order valence-corrected chi connectivity index (χ3v) is 1.97. The van der Waals surface area contributed by atoms with Crippen LogP contribution in [0.5, 0.6) is 0 Å². The summed E-state index contributed by atoms with van der Waals surface area (Å²) in [5.74, 6) is 0.116. The fourth-order valence-corrected chi connectivity index (χ4v) is 1.24. The number of halogens is 1. The minimum Gasteiger partial charge on any atom is -0.232 e. The van der Waals surface area contributed by atoms with E-state index in [1.54, 1.807) is 6.20 Å². The third-order valence-electron chi connectivity index (χ3n) is 1.97. The highest BCUT2D eigenvalue weighted by atomic mass is 19.1. The zero-order chi connectivity index (χ0) is 7.56. The van der Waals surface area contributed by atoms with Crippen LogP contribution in [0.2, 0.25) is 0 Å². The van der Waals surface area contributed by atoms with E-state index in [2.05, 4.69) is 4.99 Å². The zero-order valence-corrected chi connectivity index (χ0v) is 6.34. The van der Waals surface area contributed by atoms with Crippen molar-refractivity contribution >= 4 is 5.97 Å². The summed E-state index contributed by atoms with van der Waals surface area (Å²) >= 11 is 0. The standard InChI is InChI=1S/C8H12FN/c1-3-7-6(2)4-5-10-8(7)9/h4-7H,3H2,1-2H3/t6?,7-/m0/s1. The lowest BCUT2D eigenvalue weighted by Crippen LogP contribution is -2.18. The summed E-state index contributed by atoms with van der Waals surface area (Å²) in [6.07, 6.45) is 4.32. The Morgan fingerprint density at radius 1 is 1.70 bits per heavy atom. The van der Waals surface area contributed by atoms with Gasteiger partial charge in [-0.05, 0) is 12.3 Å². The molecule has 2 heteroatoms. The molecule has 0 spiro atoms. The van der Waals surface area contributed by atoms with Gasteiger partial charge in [-0.1, -0.05) is 19.9 Å². The van der Waals surface area contributed by atoms with Gasteiger partial charge >= 0.3 is 0 Å². The molecule has 1 rings (SSSR count). The minimum absolute atomic E-state index is 0.0185. The third kappa shape index (κ3) is 1.25. The van der Waals surface area contributed by atoms with E-state index in [4.69, 9.17) is 0 Å². The molecule has 0 aromatic heterocycles. The van der Waals surface area contributed by atoms with Crippen LogP contribution >= 0.6 is 0 Å². The molecule has 1 nitrogen and oxygen atoms in total. The Morgan fingerprint density at radius 3 is 2.80 bits per heavy atom. The summed E-state index contributed by atoms with van der Waals surface area (Å²) in [6, 6.07) is 0. The van der Waals surface area contributed by atoms with Crippen LogP contribution in [0.1, 0.15) is 20.3 Å². The normalized spacial score (nSPS) is 32.1. The van der Waals surface area contributed by atoms with Crippen molar-refractivity contribution in [1.82, 2.24) is 0 Å². The first-order chi connectivity index (χ1) is 4.75. The average molecular weight is 141 g/mol. The van der Waals surface area contributed by atoms with Crippen LogP contribution in [-0.4, -0.2) is 5.97 Å². The molecule has 0 aromatic rings. The highest BCUT2D eigenvalue weighted by Crippen LogP contribution is 2.22. The first kappa shape index (κ1) is 7.45. The van der Waals surface area contributed by atoms with Gasteiger partial charge in [-0.25, -0.2) is 4.99 Å². The smallest absolute Gasteiger partial charge is 0.192 e. The molecule has 2 atom stereocenters. The van der Waals surface area contributed by atoms with Crippen LogP contribution in [0.3, 0.4) is 0 Å². The molecule has 1 heterocycles. The Morgan fingerprint density at radius 2 is 2.40 bits per heavy atom. The van der Waals surface area contributed by atoms with E-state index >= 15 is 0 Å². The van der Waals surface area contributed by atoms with E-state index in [1.807, 2.05) is 19.9 Å². The van der Waals surface area contributed by atoms with Crippen molar-refractivity contribution in [3.63, 3.8) is 0 Å². The van der Waals surface area contributed by atoms with Crippen LogP contribution in [0.25, 0.3) is 0 Å². The van der Waals surface area contributed by atoms with E-state index < -0.39 is 0 Å². The Labute approximate surface area is 60.7 Å². The van der Waals surface area contributed by atoms with Gasteiger partial charge < -0.3 is 0 Å². The van der Waals surface area contributed by atoms with Crippen molar-refractivity contribution in [2.75, 3.05) is 0 Å². The van der Waals surface area contributed by atoms with Crippen molar-refractivity contribution in [1.29, 1.82) is 0 Å². The summed E-state index contributed by atoms with van der Waals surface area (Å²) in [6.45, 7) is 3.99. The molecule has 0 saturated carbocycles. The maximum Gasteiger partial charge on any atom is 0.192 e. The Hall–Kier alpha value is -0.660. The molecule has 0 fully saturated rings. The first-order valence-electron chi connectivity index (χ1n) is 3.65. The molecule has 10 heavy (non-hydrogen) atoms. The molecule has 0 amide bonds. The van der Waals surface area contributed by atoms with Crippen molar-refractivity contribution in [2.24, 2.45) is 16.8 Å². The fourth-order valence-electron chi connectivity index (χ4n) is 1.24. The van der Waals surface area contributed by atoms with Gasteiger partial charge in [-0.3, -0.25) is 0 Å². The van der Waals surface area contributed by atoms with E-state index in [0.29, 0.717) is 5.92 Å². The van der Waals surface area contributed by atoms with Crippen molar-refractivity contribution in [3.05, 3.63) is 12.3 Å². The molecule has 0 saturated heterocycles. The number of hydrogen-bond donors (Lipinski definition) is 0. The molecule has 56 valence electrons. The molecule has 0 aromatic carbocycles. The van der Waals surface area contributed by atoms with Gasteiger partial charge in [-0.15, -0.1) is 0 Å². The predicted octanol–water partition coefficient (Wildman–Crippen LogP) is 2.54. The molecule has 0 aliphatic carbocycles. The molecular weight excluding hydrogens is 129 g/mol. The molecule has 0 bridgehead atoms.